The number of carbonyl (C=O) groups is 2. The zero-order valence-corrected chi connectivity index (χ0v) is 23.7. The third kappa shape index (κ3) is 6.00. The van der Waals surface area contributed by atoms with E-state index in [9.17, 15) is 14.0 Å². The fourth-order valence-corrected chi connectivity index (χ4v) is 5.01. The van der Waals surface area contributed by atoms with Crippen LogP contribution in [0.4, 0.5) is 9.18 Å². The van der Waals surface area contributed by atoms with Crippen molar-refractivity contribution in [1.82, 2.24) is 20.2 Å². The molecule has 2 aliphatic rings. The number of likely N-dealkylation sites (tertiary alicyclic amines) is 1. The van der Waals surface area contributed by atoms with Gasteiger partial charge >= 0.3 is 6.09 Å². The number of piperidine rings is 1. The van der Waals surface area contributed by atoms with E-state index >= 15 is 0 Å². The fraction of sp³-hybridized carbons (Fsp3) is 0.500. The SMILES string of the molecule is COc1cc(-c2ccnc3c(C(=O)NC4CCN(C(=O)OC(C)(C)C)CC4)c(C)[nH]c23)c(OCC2CC2)cc1F. The molecule has 1 saturated carbocycles. The monoisotopic (exact) mass is 552 g/mol. The van der Waals surface area contributed by atoms with Gasteiger partial charge in [-0.05, 0) is 71.4 Å². The summed E-state index contributed by atoms with van der Waals surface area (Å²) in [4.78, 5) is 35.4. The minimum Gasteiger partial charge on any atom is -0.494 e. The van der Waals surface area contributed by atoms with Crippen molar-refractivity contribution in [2.24, 2.45) is 5.92 Å². The molecule has 5 rings (SSSR count). The summed E-state index contributed by atoms with van der Waals surface area (Å²) in [6.45, 7) is 8.90. The zero-order valence-electron chi connectivity index (χ0n) is 23.7. The molecule has 0 unspecified atom stereocenters. The van der Waals surface area contributed by atoms with Gasteiger partial charge in [0.1, 0.15) is 16.9 Å². The van der Waals surface area contributed by atoms with E-state index in [-0.39, 0.29) is 23.8 Å². The summed E-state index contributed by atoms with van der Waals surface area (Å²) >= 11 is 0. The van der Waals surface area contributed by atoms with Gasteiger partial charge in [-0.25, -0.2) is 9.18 Å². The van der Waals surface area contributed by atoms with Crippen LogP contribution in [0.15, 0.2) is 24.4 Å². The summed E-state index contributed by atoms with van der Waals surface area (Å²) in [5, 5.41) is 3.13. The van der Waals surface area contributed by atoms with Gasteiger partial charge in [-0.2, -0.15) is 0 Å². The lowest BCUT2D eigenvalue weighted by Gasteiger charge is -2.33. The number of halogens is 1. The molecule has 2 N–H and O–H groups in total. The maximum Gasteiger partial charge on any atom is 0.410 e. The molecular formula is C30H37FN4O5. The molecule has 9 nitrogen and oxygen atoms in total. The van der Waals surface area contributed by atoms with Crippen LogP contribution in [0.1, 0.15) is 62.5 Å². The third-order valence-electron chi connectivity index (χ3n) is 7.30. The zero-order chi connectivity index (χ0) is 28.6. The number of H-pyrrole nitrogens is 1. The number of aromatic amines is 1. The molecule has 10 heteroatoms. The second-order valence-corrected chi connectivity index (χ2v) is 11.7. The Kier molecular flexibility index (Phi) is 7.61. The molecule has 0 bridgehead atoms. The summed E-state index contributed by atoms with van der Waals surface area (Å²) in [7, 11) is 1.42. The van der Waals surface area contributed by atoms with Gasteiger partial charge in [0.25, 0.3) is 5.91 Å². The predicted molar refractivity (Wildman–Crippen MR) is 149 cm³/mol. The van der Waals surface area contributed by atoms with Crippen molar-refractivity contribution in [3.8, 4) is 22.6 Å². The second-order valence-electron chi connectivity index (χ2n) is 11.7. The molecule has 1 saturated heterocycles. The molecular weight excluding hydrogens is 515 g/mol. The first-order valence-electron chi connectivity index (χ1n) is 13.8. The molecule has 2 amide bonds. The largest absolute Gasteiger partial charge is 0.494 e. The van der Waals surface area contributed by atoms with Crippen molar-refractivity contribution in [3.05, 3.63) is 41.5 Å². The Morgan fingerprint density at radius 1 is 1.12 bits per heavy atom. The normalized spacial score (nSPS) is 16.2. The third-order valence-corrected chi connectivity index (χ3v) is 7.30. The lowest BCUT2D eigenvalue weighted by atomic mass is 10.0. The van der Waals surface area contributed by atoms with Crippen LogP contribution in [0.2, 0.25) is 0 Å². The van der Waals surface area contributed by atoms with E-state index < -0.39 is 11.4 Å². The van der Waals surface area contributed by atoms with Gasteiger partial charge in [-0.3, -0.25) is 9.78 Å². The minimum absolute atomic E-state index is 0.0810. The van der Waals surface area contributed by atoms with E-state index in [2.05, 4.69) is 15.3 Å². The van der Waals surface area contributed by atoms with Crippen LogP contribution < -0.4 is 14.8 Å². The first-order chi connectivity index (χ1) is 19.0. The topological polar surface area (TPSA) is 106 Å². The number of aryl methyl sites for hydroxylation is 1. The molecule has 3 heterocycles. The summed E-state index contributed by atoms with van der Waals surface area (Å²) in [5.74, 6) is 0.300. The van der Waals surface area contributed by atoms with Crippen LogP contribution >= 0.6 is 0 Å². The molecule has 0 radical (unpaired) electrons. The van der Waals surface area contributed by atoms with Crippen LogP contribution in [0, 0.1) is 18.7 Å². The molecule has 214 valence electrons. The molecule has 1 aliphatic carbocycles. The molecule has 0 atom stereocenters. The van der Waals surface area contributed by atoms with Crippen LogP contribution in [0.5, 0.6) is 11.5 Å². The predicted octanol–water partition coefficient (Wildman–Crippen LogP) is 5.60. The minimum atomic E-state index is -0.552. The van der Waals surface area contributed by atoms with Crippen molar-refractivity contribution < 1.29 is 28.2 Å². The number of nitrogens with zero attached hydrogens (tertiary/aromatic N) is 2. The van der Waals surface area contributed by atoms with Crippen molar-refractivity contribution in [3.63, 3.8) is 0 Å². The number of aromatic nitrogens is 2. The van der Waals surface area contributed by atoms with Gasteiger partial charge in [-0.1, -0.05) is 0 Å². The van der Waals surface area contributed by atoms with Gasteiger partial charge in [0.2, 0.25) is 0 Å². The van der Waals surface area contributed by atoms with Gasteiger partial charge < -0.3 is 29.4 Å². The van der Waals surface area contributed by atoms with E-state index in [0.717, 1.165) is 18.4 Å². The maximum absolute atomic E-state index is 14.6. The number of hydrogen-bond acceptors (Lipinski definition) is 6. The summed E-state index contributed by atoms with van der Waals surface area (Å²) < 4.78 is 31.4. The van der Waals surface area contributed by atoms with Gasteiger partial charge in [0, 0.05) is 48.2 Å². The average Bonchev–Trinajstić information content (AvgIpc) is 3.66. The number of ether oxygens (including phenoxy) is 3. The van der Waals surface area contributed by atoms with Crippen LogP contribution in [0.3, 0.4) is 0 Å². The molecule has 1 aromatic carbocycles. The Bertz CT molecular complexity index is 1420. The Balaban J connectivity index is 1.37. The Labute approximate surface area is 233 Å². The first-order valence-corrected chi connectivity index (χ1v) is 13.8. The number of fused-ring (bicyclic) bond motifs is 1. The van der Waals surface area contributed by atoms with Gasteiger partial charge in [0.15, 0.2) is 11.6 Å². The number of carbonyl (C=O) groups excluding carboxylic acids is 2. The molecule has 2 aromatic heterocycles. The highest BCUT2D eigenvalue weighted by Crippen LogP contribution is 2.40. The highest BCUT2D eigenvalue weighted by atomic mass is 19.1. The number of pyridine rings is 1. The maximum atomic E-state index is 14.6. The first kappa shape index (κ1) is 27.7. The summed E-state index contributed by atoms with van der Waals surface area (Å²) in [6, 6.07) is 4.72. The quantitative estimate of drug-likeness (QED) is 0.395. The molecule has 1 aliphatic heterocycles. The van der Waals surface area contributed by atoms with E-state index in [1.807, 2.05) is 33.8 Å². The van der Waals surface area contributed by atoms with E-state index in [1.165, 1.54) is 13.2 Å². The smallest absolute Gasteiger partial charge is 0.410 e. The van der Waals surface area contributed by atoms with Gasteiger partial charge in [-0.15, -0.1) is 0 Å². The van der Waals surface area contributed by atoms with Crippen LogP contribution in [-0.4, -0.2) is 65.3 Å². The van der Waals surface area contributed by atoms with E-state index in [1.54, 1.807) is 17.2 Å². The summed E-state index contributed by atoms with van der Waals surface area (Å²) in [6.07, 6.45) is 4.79. The number of amides is 2. The van der Waals surface area contributed by atoms with Crippen molar-refractivity contribution >= 4 is 23.0 Å². The Hall–Kier alpha value is -3.82. The van der Waals surface area contributed by atoms with Crippen LogP contribution in [-0.2, 0) is 4.74 Å². The van der Waals surface area contributed by atoms with Gasteiger partial charge in [0.05, 0.1) is 24.8 Å². The summed E-state index contributed by atoms with van der Waals surface area (Å²) in [5.41, 5.74) is 3.17. The number of hydrogen-bond donors (Lipinski definition) is 2. The van der Waals surface area contributed by atoms with Crippen molar-refractivity contribution in [2.45, 2.75) is 65.0 Å². The molecule has 40 heavy (non-hydrogen) atoms. The number of benzene rings is 1. The number of methoxy groups -OCH3 is 1. The lowest BCUT2D eigenvalue weighted by molar-refractivity contribution is 0.0199. The molecule has 3 aromatic rings. The number of rotatable bonds is 7. The Morgan fingerprint density at radius 2 is 1.85 bits per heavy atom. The second kappa shape index (κ2) is 11.0. The highest BCUT2D eigenvalue weighted by Gasteiger charge is 2.29. The van der Waals surface area contributed by atoms with Crippen molar-refractivity contribution in [2.75, 3.05) is 26.8 Å². The standard InChI is InChI=1S/C30H37FN4O5/c1-17-25(28(36)34-19-9-12-35(13-10-19)29(37)40-30(2,3)4)27-26(33-17)20(8-11-32-27)21-14-24(38-5)22(31)15-23(21)39-16-18-6-7-18/h8,11,14-15,18-19,33H,6-7,9-10,12-13,16H2,1-5H3,(H,34,36). The van der Waals surface area contributed by atoms with E-state index in [0.29, 0.717) is 72.1 Å². The van der Waals surface area contributed by atoms with Crippen LogP contribution in [0.25, 0.3) is 22.2 Å². The fourth-order valence-electron chi connectivity index (χ4n) is 5.01. The van der Waals surface area contributed by atoms with Crippen molar-refractivity contribution in [1.29, 1.82) is 0 Å². The lowest BCUT2D eigenvalue weighted by Crippen LogP contribution is -2.47. The highest BCUT2D eigenvalue weighted by molar-refractivity contribution is 6.09. The molecule has 2 fully saturated rings. The molecule has 0 spiro atoms. The Morgan fingerprint density at radius 3 is 2.50 bits per heavy atom. The average molecular weight is 553 g/mol. The van der Waals surface area contributed by atoms with E-state index in [4.69, 9.17) is 14.2 Å². The number of nitrogens with one attached hydrogen (secondary N) is 2.